The summed E-state index contributed by atoms with van der Waals surface area (Å²) in [6.07, 6.45) is 6.77. The van der Waals surface area contributed by atoms with Crippen LogP contribution in [0.4, 0.5) is 5.82 Å². The maximum atomic E-state index is 10.8. The summed E-state index contributed by atoms with van der Waals surface area (Å²) in [7, 11) is 0. The molecule has 1 aliphatic rings. The first-order valence-corrected chi connectivity index (χ1v) is 9.33. The van der Waals surface area contributed by atoms with E-state index in [2.05, 4.69) is 32.1 Å². The van der Waals surface area contributed by atoms with Crippen molar-refractivity contribution in [2.75, 3.05) is 18.5 Å². The molecule has 1 fully saturated rings. The van der Waals surface area contributed by atoms with E-state index in [0.717, 1.165) is 27.6 Å². The smallest absolute Gasteiger partial charge is 0.212 e. The maximum Gasteiger partial charge on any atom is 0.212 e. The summed E-state index contributed by atoms with van der Waals surface area (Å²) < 4.78 is 5.33. The largest absolute Gasteiger partial charge is 0.385 e. The van der Waals surface area contributed by atoms with E-state index in [-0.39, 0.29) is 0 Å². The molecular formula is C22H20N4O3. The molecule has 0 unspecified atom stereocenters. The molecule has 1 aliphatic heterocycles. The summed E-state index contributed by atoms with van der Waals surface area (Å²) in [4.78, 5) is 23.7. The number of carbonyl (C=O) groups excluding carboxylic acids is 1. The molecule has 0 aromatic carbocycles. The number of hydrogen-bond acceptors (Lipinski definition) is 6. The van der Waals surface area contributed by atoms with Gasteiger partial charge >= 0.3 is 0 Å². The van der Waals surface area contributed by atoms with Crippen LogP contribution in [0.2, 0.25) is 0 Å². The topological polar surface area (TPSA) is 97.2 Å². The number of rotatable bonds is 3. The molecule has 7 nitrogen and oxygen atoms in total. The number of nitrogens with one attached hydrogen (secondary N) is 1. The van der Waals surface area contributed by atoms with Crippen LogP contribution < -0.4 is 5.32 Å². The number of nitrogens with zero attached hydrogens (tertiary/aromatic N) is 3. The van der Waals surface area contributed by atoms with Crippen LogP contribution >= 0.6 is 0 Å². The third-order valence-corrected chi connectivity index (χ3v) is 5.12. The van der Waals surface area contributed by atoms with Gasteiger partial charge in [0.25, 0.3) is 0 Å². The summed E-state index contributed by atoms with van der Waals surface area (Å²) in [6, 6.07) is 5.45. The summed E-state index contributed by atoms with van der Waals surface area (Å²) in [5.74, 6) is 6.61. The molecule has 3 aromatic heterocycles. The highest BCUT2D eigenvalue weighted by molar-refractivity contribution is 5.91. The minimum atomic E-state index is -0.886. The Bertz CT molecular complexity index is 1110. The number of hydrogen-bond donors (Lipinski definition) is 2. The second-order valence-electron chi connectivity index (χ2n) is 6.96. The van der Waals surface area contributed by atoms with Crippen molar-refractivity contribution in [2.45, 2.75) is 25.4 Å². The molecule has 1 saturated heterocycles. The monoisotopic (exact) mass is 388 g/mol. The van der Waals surface area contributed by atoms with E-state index in [9.17, 15) is 9.90 Å². The fourth-order valence-electron chi connectivity index (χ4n) is 3.38. The molecule has 0 spiro atoms. The first-order chi connectivity index (χ1) is 14.1. The van der Waals surface area contributed by atoms with Crippen LogP contribution in [-0.4, -0.2) is 39.7 Å². The van der Waals surface area contributed by atoms with Gasteiger partial charge in [-0.1, -0.05) is 12.0 Å². The molecule has 0 radical (unpaired) electrons. The third-order valence-electron chi connectivity index (χ3n) is 5.12. The summed E-state index contributed by atoms with van der Waals surface area (Å²) in [5.41, 5.74) is 2.05. The number of fused-ring (bicyclic) bond motifs is 1. The highest BCUT2D eigenvalue weighted by Crippen LogP contribution is 2.31. The fraction of sp³-hybridized carbons (Fsp3) is 0.273. The van der Waals surface area contributed by atoms with E-state index in [4.69, 9.17) is 4.74 Å². The second-order valence-corrected chi connectivity index (χ2v) is 6.96. The first-order valence-electron chi connectivity index (χ1n) is 9.33. The first kappa shape index (κ1) is 19.0. The normalized spacial score (nSPS) is 15.4. The van der Waals surface area contributed by atoms with Gasteiger partial charge in [-0.05, 0) is 25.0 Å². The van der Waals surface area contributed by atoms with Gasteiger partial charge in [0.05, 0.1) is 11.2 Å². The Morgan fingerprint density at radius 1 is 1.10 bits per heavy atom. The number of carbonyl (C=O) groups is 1. The van der Waals surface area contributed by atoms with E-state index < -0.39 is 5.60 Å². The van der Waals surface area contributed by atoms with Crippen molar-refractivity contribution in [2.24, 2.45) is 0 Å². The van der Waals surface area contributed by atoms with Gasteiger partial charge in [-0.2, -0.15) is 0 Å². The zero-order valence-electron chi connectivity index (χ0n) is 16.0. The van der Waals surface area contributed by atoms with Gasteiger partial charge < -0.3 is 15.2 Å². The lowest BCUT2D eigenvalue weighted by atomic mass is 9.87. The number of pyridine rings is 3. The Morgan fingerprint density at radius 3 is 2.66 bits per heavy atom. The highest BCUT2D eigenvalue weighted by atomic mass is 16.5. The Kier molecular flexibility index (Phi) is 5.21. The summed E-state index contributed by atoms with van der Waals surface area (Å²) >= 11 is 0. The standard InChI is InChI=1S/C22H20N4O3/c1-15-20-13-25-21(26-14-27)10-19(20)16(11-23-15)2-4-18-5-3-17(12-24-18)22(28)6-8-29-9-7-22/h3,5,10-14,28H,6-9H2,1H3,(H,25,26,27). The molecule has 29 heavy (non-hydrogen) atoms. The quantitative estimate of drug-likeness (QED) is 0.528. The molecular weight excluding hydrogens is 368 g/mol. The van der Waals surface area contributed by atoms with E-state index in [1.807, 2.05) is 13.0 Å². The van der Waals surface area contributed by atoms with Gasteiger partial charge in [0.2, 0.25) is 6.41 Å². The molecule has 4 heterocycles. The van der Waals surface area contributed by atoms with Gasteiger partial charge in [0.15, 0.2) is 0 Å². The van der Waals surface area contributed by atoms with Gasteiger partial charge in [-0.3, -0.25) is 9.78 Å². The van der Waals surface area contributed by atoms with Crippen molar-refractivity contribution in [3.63, 3.8) is 0 Å². The number of aliphatic hydroxyl groups is 1. The van der Waals surface area contributed by atoms with Crippen LogP contribution in [0.3, 0.4) is 0 Å². The second kappa shape index (κ2) is 7.95. The molecule has 0 saturated carbocycles. The number of anilines is 1. The van der Waals surface area contributed by atoms with E-state index in [1.165, 1.54) is 0 Å². The maximum absolute atomic E-state index is 10.8. The van der Waals surface area contributed by atoms with E-state index in [1.54, 1.807) is 30.7 Å². The molecule has 0 atom stereocenters. The van der Waals surface area contributed by atoms with Crippen LogP contribution in [0.1, 0.15) is 35.4 Å². The number of amides is 1. The van der Waals surface area contributed by atoms with Crippen LogP contribution in [0.15, 0.2) is 36.8 Å². The Hall–Kier alpha value is -3.34. The van der Waals surface area contributed by atoms with Crippen molar-refractivity contribution in [1.29, 1.82) is 0 Å². The molecule has 3 aromatic rings. The molecule has 4 rings (SSSR count). The zero-order chi connectivity index (χ0) is 20.3. The Balaban J connectivity index is 1.65. The lowest BCUT2D eigenvalue weighted by Gasteiger charge is -2.32. The van der Waals surface area contributed by atoms with Gasteiger partial charge in [0, 0.05) is 66.7 Å². The van der Waals surface area contributed by atoms with Gasteiger partial charge in [0.1, 0.15) is 11.5 Å². The SMILES string of the molecule is Cc1ncc(C#Cc2ccc(C3(O)CCOCC3)cn2)c2cc(NC=O)ncc12. The van der Waals surface area contributed by atoms with Crippen LogP contribution in [0.25, 0.3) is 10.8 Å². The van der Waals surface area contributed by atoms with Crippen molar-refractivity contribution in [3.05, 3.63) is 59.3 Å². The van der Waals surface area contributed by atoms with Crippen LogP contribution in [0.5, 0.6) is 0 Å². The Labute approximate surface area is 168 Å². The molecule has 146 valence electrons. The van der Waals surface area contributed by atoms with Crippen LogP contribution in [0, 0.1) is 18.8 Å². The fourth-order valence-corrected chi connectivity index (χ4v) is 3.38. The minimum Gasteiger partial charge on any atom is -0.385 e. The number of aryl methyl sites for hydroxylation is 1. The average molecular weight is 388 g/mol. The molecule has 1 amide bonds. The van der Waals surface area contributed by atoms with Crippen molar-refractivity contribution < 1.29 is 14.6 Å². The third kappa shape index (κ3) is 3.94. The predicted octanol–water partition coefficient (Wildman–Crippen LogP) is 2.30. The average Bonchev–Trinajstić information content (AvgIpc) is 2.74. The van der Waals surface area contributed by atoms with Crippen molar-refractivity contribution >= 4 is 23.0 Å². The predicted molar refractivity (Wildman–Crippen MR) is 108 cm³/mol. The summed E-state index contributed by atoms with van der Waals surface area (Å²) in [6.45, 7) is 2.98. The van der Waals surface area contributed by atoms with Crippen molar-refractivity contribution in [3.8, 4) is 11.8 Å². The number of aromatic nitrogens is 3. The number of ether oxygens (including phenoxy) is 1. The Morgan fingerprint density at radius 2 is 1.93 bits per heavy atom. The minimum absolute atomic E-state index is 0.452. The molecule has 7 heteroatoms. The van der Waals surface area contributed by atoms with E-state index in [0.29, 0.717) is 44.0 Å². The molecule has 0 aliphatic carbocycles. The highest BCUT2D eigenvalue weighted by Gasteiger charge is 2.31. The molecule has 2 N–H and O–H groups in total. The van der Waals surface area contributed by atoms with E-state index >= 15 is 0 Å². The summed E-state index contributed by atoms with van der Waals surface area (Å²) in [5, 5.41) is 15.0. The van der Waals surface area contributed by atoms with Crippen LogP contribution in [-0.2, 0) is 15.1 Å². The lowest BCUT2D eigenvalue weighted by Crippen LogP contribution is -2.33. The molecule has 0 bridgehead atoms. The zero-order valence-corrected chi connectivity index (χ0v) is 16.0. The van der Waals surface area contributed by atoms with Crippen molar-refractivity contribution in [1.82, 2.24) is 15.0 Å². The van der Waals surface area contributed by atoms with Gasteiger partial charge in [-0.25, -0.2) is 9.97 Å². The van der Waals surface area contributed by atoms with Gasteiger partial charge in [-0.15, -0.1) is 0 Å². The lowest BCUT2D eigenvalue weighted by molar-refractivity contribution is -0.105.